The van der Waals surface area contributed by atoms with Gasteiger partial charge in [-0.25, -0.2) is 0 Å². The van der Waals surface area contributed by atoms with Crippen LogP contribution in [0.25, 0.3) is 6.08 Å². The Morgan fingerprint density at radius 2 is 1.49 bits per heavy atom. The van der Waals surface area contributed by atoms with Crippen molar-refractivity contribution in [2.45, 2.75) is 122 Å². The molecule has 6 aliphatic rings. The molecule has 4 fully saturated rings. The summed E-state index contributed by atoms with van der Waals surface area (Å²) in [5.41, 5.74) is 11.6. The standard InChI is InChI=1S/C43H55NS/c1-9-10-35-26-41(5,6)27-36(40(35)45-43-23-31-18-32(24-43)20-33(19-31)25-43)14-13-34-21-38-30(4)22-42(7,8)44(39(38)17-29(34)3)37-15-11-28(2)12-16-37/h9-17,21,30-33H,1,18-20,22-27H2,2-8H3/b14-13+,35-10+. The Kier molecular flexibility index (Phi) is 7.87. The maximum absolute atomic E-state index is 4.15. The summed E-state index contributed by atoms with van der Waals surface area (Å²) in [6.07, 6.45) is 21.6. The zero-order valence-electron chi connectivity index (χ0n) is 29.0. The maximum atomic E-state index is 4.15. The Labute approximate surface area is 278 Å². The van der Waals surface area contributed by atoms with Gasteiger partial charge < -0.3 is 4.90 Å². The average Bonchev–Trinajstić information content (AvgIpc) is 2.93. The van der Waals surface area contributed by atoms with Crippen molar-refractivity contribution in [1.29, 1.82) is 0 Å². The highest BCUT2D eigenvalue weighted by Crippen LogP contribution is 2.64. The van der Waals surface area contributed by atoms with Crippen molar-refractivity contribution in [2.24, 2.45) is 23.2 Å². The Hall–Kier alpha value is -2.45. The number of hydrogen-bond acceptors (Lipinski definition) is 2. The van der Waals surface area contributed by atoms with E-state index in [1.54, 1.807) is 10.5 Å². The van der Waals surface area contributed by atoms with E-state index in [0.717, 1.165) is 37.0 Å². The van der Waals surface area contributed by atoms with Crippen LogP contribution in [0.4, 0.5) is 11.4 Å². The van der Waals surface area contributed by atoms with E-state index in [9.17, 15) is 0 Å². The topological polar surface area (TPSA) is 3.24 Å². The third kappa shape index (κ3) is 5.95. The molecule has 0 spiro atoms. The van der Waals surface area contributed by atoms with E-state index in [1.165, 1.54) is 77.7 Å². The Morgan fingerprint density at radius 3 is 2.11 bits per heavy atom. The molecular formula is C43H55NS. The smallest absolute Gasteiger partial charge is 0.0454 e. The fourth-order valence-electron chi connectivity index (χ4n) is 10.5. The summed E-state index contributed by atoms with van der Waals surface area (Å²) in [6.45, 7) is 20.8. The minimum Gasteiger partial charge on any atom is -0.336 e. The number of aryl methyl sites for hydroxylation is 2. The van der Waals surface area contributed by atoms with Crippen LogP contribution in [-0.4, -0.2) is 10.3 Å². The molecule has 0 aromatic heterocycles. The monoisotopic (exact) mass is 617 g/mol. The summed E-state index contributed by atoms with van der Waals surface area (Å²) in [6, 6.07) is 14.1. The number of thioether (sulfide) groups is 1. The molecule has 2 aromatic rings. The molecule has 1 atom stereocenters. The molecule has 2 aromatic carbocycles. The van der Waals surface area contributed by atoms with Gasteiger partial charge in [-0.3, -0.25) is 0 Å². The van der Waals surface area contributed by atoms with Crippen LogP contribution < -0.4 is 4.90 Å². The SMILES string of the molecule is C=C/C=C1\CC(C)(C)CC(/C=C/c2cc3c(cc2C)N(c2ccc(C)cc2)C(C)(C)CC3C)=C1SC12CC3CC(CC(C3)C1)C2. The molecule has 1 heterocycles. The summed E-state index contributed by atoms with van der Waals surface area (Å²) >= 11 is 2.30. The van der Waals surface area contributed by atoms with E-state index >= 15 is 0 Å². The largest absolute Gasteiger partial charge is 0.336 e. The molecule has 2 heteroatoms. The van der Waals surface area contributed by atoms with Crippen LogP contribution in [-0.2, 0) is 0 Å². The molecule has 0 N–H and O–H groups in total. The third-order valence-electron chi connectivity index (χ3n) is 11.9. The van der Waals surface area contributed by atoms with E-state index in [1.807, 2.05) is 6.08 Å². The minimum absolute atomic E-state index is 0.0568. The van der Waals surface area contributed by atoms with Gasteiger partial charge in [0.1, 0.15) is 0 Å². The second-order valence-electron chi connectivity index (χ2n) is 17.2. The van der Waals surface area contributed by atoms with Gasteiger partial charge in [0, 0.05) is 26.6 Å². The lowest BCUT2D eigenvalue weighted by Gasteiger charge is -2.57. The predicted octanol–water partition coefficient (Wildman–Crippen LogP) is 12.6. The van der Waals surface area contributed by atoms with Crippen molar-refractivity contribution in [3.63, 3.8) is 0 Å². The van der Waals surface area contributed by atoms with Crippen LogP contribution in [0.1, 0.15) is 121 Å². The number of benzene rings is 2. The lowest BCUT2D eigenvalue weighted by atomic mass is 9.56. The molecule has 238 valence electrons. The van der Waals surface area contributed by atoms with Crippen LogP contribution >= 0.6 is 11.8 Å². The number of nitrogens with zero attached hydrogens (tertiary/aromatic N) is 1. The van der Waals surface area contributed by atoms with Crippen molar-refractivity contribution in [1.82, 2.24) is 0 Å². The quantitative estimate of drug-likeness (QED) is 0.317. The molecule has 1 aliphatic heterocycles. The van der Waals surface area contributed by atoms with E-state index < -0.39 is 0 Å². The van der Waals surface area contributed by atoms with Gasteiger partial charge in [-0.1, -0.05) is 69.4 Å². The molecule has 0 saturated heterocycles. The molecule has 0 radical (unpaired) electrons. The van der Waals surface area contributed by atoms with Gasteiger partial charge in [0.25, 0.3) is 0 Å². The third-order valence-corrected chi connectivity index (χ3v) is 13.6. The van der Waals surface area contributed by atoms with Gasteiger partial charge >= 0.3 is 0 Å². The number of fused-ring (bicyclic) bond motifs is 1. The first kappa shape index (κ1) is 31.2. The highest BCUT2D eigenvalue weighted by Gasteiger charge is 2.52. The van der Waals surface area contributed by atoms with E-state index in [-0.39, 0.29) is 11.0 Å². The Morgan fingerprint density at radius 1 is 0.844 bits per heavy atom. The van der Waals surface area contributed by atoms with Gasteiger partial charge in [0.05, 0.1) is 0 Å². The van der Waals surface area contributed by atoms with Crippen LogP contribution in [0.5, 0.6) is 0 Å². The van der Waals surface area contributed by atoms with Crippen molar-refractivity contribution in [3.05, 3.63) is 99.5 Å². The fraction of sp³-hybridized carbons (Fsp3) is 0.535. The van der Waals surface area contributed by atoms with E-state index in [0.29, 0.717) is 10.7 Å². The van der Waals surface area contributed by atoms with Gasteiger partial charge in [-0.2, -0.15) is 0 Å². The van der Waals surface area contributed by atoms with Crippen molar-refractivity contribution in [3.8, 4) is 0 Å². The summed E-state index contributed by atoms with van der Waals surface area (Å²) in [4.78, 5) is 4.19. The number of allylic oxidation sites excluding steroid dienone is 5. The molecule has 8 rings (SSSR count). The van der Waals surface area contributed by atoms with Crippen molar-refractivity contribution in [2.75, 3.05) is 4.90 Å². The highest BCUT2D eigenvalue weighted by atomic mass is 32.2. The first-order valence-electron chi connectivity index (χ1n) is 17.8. The van der Waals surface area contributed by atoms with E-state index in [4.69, 9.17) is 0 Å². The lowest BCUT2D eigenvalue weighted by molar-refractivity contribution is 0.0385. The number of rotatable bonds is 6. The number of hydrogen-bond donors (Lipinski definition) is 0. The normalized spacial score (nSPS) is 32.4. The second-order valence-corrected chi connectivity index (χ2v) is 18.7. The average molecular weight is 618 g/mol. The first-order valence-corrected chi connectivity index (χ1v) is 18.6. The highest BCUT2D eigenvalue weighted by molar-refractivity contribution is 8.04. The molecular weight excluding hydrogens is 563 g/mol. The summed E-state index contributed by atoms with van der Waals surface area (Å²) in [5.74, 6) is 3.43. The Bertz CT molecular complexity index is 1540. The molecule has 5 aliphatic carbocycles. The maximum Gasteiger partial charge on any atom is 0.0454 e. The van der Waals surface area contributed by atoms with Gasteiger partial charge in [-0.15, -0.1) is 11.8 Å². The van der Waals surface area contributed by atoms with Crippen LogP contribution in [0.2, 0.25) is 0 Å². The molecule has 0 amide bonds. The van der Waals surface area contributed by atoms with Crippen molar-refractivity contribution >= 4 is 29.2 Å². The van der Waals surface area contributed by atoms with Crippen LogP contribution in [0.3, 0.4) is 0 Å². The van der Waals surface area contributed by atoms with Crippen LogP contribution in [0, 0.1) is 37.0 Å². The van der Waals surface area contributed by atoms with Crippen molar-refractivity contribution < 1.29 is 0 Å². The van der Waals surface area contributed by atoms with Gasteiger partial charge in [0.2, 0.25) is 0 Å². The molecule has 1 unspecified atom stereocenters. The summed E-state index contributed by atoms with van der Waals surface area (Å²) in [7, 11) is 0. The second kappa shape index (κ2) is 11.4. The zero-order chi connectivity index (χ0) is 31.7. The zero-order valence-corrected chi connectivity index (χ0v) is 29.8. The molecule has 4 saturated carbocycles. The van der Waals surface area contributed by atoms with Gasteiger partial charge in [0.15, 0.2) is 0 Å². The summed E-state index contributed by atoms with van der Waals surface area (Å²) < 4.78 is 0.453. The first-order chi connectivity index (χ1) is 21.3. The Balaban J connectivity index is 1.27. The molecule has 4 bridgehead atoms. The predicted molar refractivity (Wildman–Crippen MR) is 197 cm³/mol. The van der Waals surface area contributed by atoms with Crippen LogP contribution in [0.15, 0.2) is 77.3 Å². The minimum atomic E-state index is 0.0568. The molecule has 45 heavy (non-hydrogen) atoms. The van der Waals surface area contributed by atoms with Gasteiger partial charge in [-0.05, 0) is 167 Å². The lowest BCUT2D eigenvalue weighted by Crippen LogP contribution is -2.48. The fourth-order valence-corrected chi connectivity index (χ4v) is 12.5. The number of anilines is 2. The molecule has 1 nitrogen and oxygen atoms in total. The van der Waals surface area contributed by atoms with E-state index in [2.05, 4.69) is 126 Å². The summed E-state index contributed by atoms with van der Waals surface area (Å²) in [5, 5.41) is 0.